The van der Waals surface area contributed by atoms with Gasteiger partial charge in [0.15, 0.2) is 0 Å². The van der Waals surface area contributed by atoms with Gasteiger partial charge in [0.1, 0.15) is 11.5 Å². The van der Waals surface area contributed by atoms with Gasteiger partial charge in [-0.1, -0.05) is 29.9 Å². The van der Waals surface area contributed by atoms with Crippen LogP contribution in [0.4, 0.5) is 0 Å². The largest absolute Gasteiger partial charge is 0.351 e. The predicted octanol–water partition coefficient (Wildman–Crippen LogP) is 4.39. The van der Waals surface area contributed by atoms with Gasteiger partial charge < -0.3 is 20.6 Å². The summed E-state index contributed by atoms with van der Waals surface area (Å²) >= 11 is 0. The number of carbonyl (C=O) groups excluding carboxylic acids is 1. The molecule has 8 heteroatoms. The highest BCUT2D eigenvalue weighted by Crippen LogP contribution is 2.24. The summed E-state index contributed by atoms with van der Waals surface area (Å²) in [5.41, 5.74) is 8.85. The highest BCUT2D eigenvalue weighted by Gasteiger charge is 2.16. The normalized spacial score (nSPS) is 18.5. The minimum atomic E-state index is -0.0710. The molecule has 1 atom stereocenters. The van der Waals surface area contributed by atoms with Crippen LogP contribution in [-0.2, 0) is 7.05 Å². The molecule has 0 radical (unpaired) electrons. The van der Waals surface area contributed by atoms with E-state index < -0.39 is 0 Å². The number of hydrogen-bond donors (Lipinski definition) is 3. The van der Waals surface area contributed by atoms with Crippen molar-refractivity contribution in [3.63, 3.8) is 0 Å². The Labute approximate surface area is 219 Å². The van der Waals surface area contributed by atoms with E-state index in [9.17, 15) is 4.79 Å². The third-order valence-corrected chi connectivity index (χ3v) is 6.04. The smallest absolute Gasteiger partial charge is 0.267 e. The maximum absolute atomic E-state index is 12.4. The van der Waals surface area contributed by atoms with Crippen molar-refractivity contribution in [2.75, 3.05) is 20.1 Å². The van der Waals surface area contributed by atoms with Crippen LogP contribution in [0, 0.1) is 5.92 Å². The maximum Gasteiger partial charge on any atom is 0.267 e. The first kappa shape index (κ1) is 27.4. The first-order chi connectivity index (χ1) is 18.0. The molecule has 3 rings (SSSR count). The number of aromatic nitrogens is 1. The summed E-state index contributed by atoms with van der Waals surface area (Å²) in [4.78, 5) is 21.2. The van der Waals surface area contributed by atoms with E-state index in [1.54, 1.807) is 13.2 Å². The fourth-order valence-corrected chi connectivity index (χ4v) is 3.93. The van der Waals surface area contributed by atoms with Crippen LogP contribution in [0.3, 0.4) is 0 Å². The molecule has 2 heterocycles. The maximum atomic E-state index is 12.4. The van der Waals surface area contributed by atoms with Crippen molar-refractivity contribution in [3.05, 3.63) is 82.5 Å². The fraction of sp³-hybridized carbons (Fsp3) is 0.310. The van der Waals surface area contributed by atoms with Gasteiger partial charge in [-0.3, -0.25) is 14.8 Å². The fourth-order valence-electron chi connectivity index (χ4n) is 3.93. The highest BCUT2D eigenvalue weighted by molar-refractivity contribution is 5.96. The summed E-state index contributed by atoms with van der Waals surface area (Å²) < 4.78 is 1.92. The minimum Gasteiger partial charge on any atom is -0.351 e. The summed E-state index contributed by atoms with van der Waals surface area (Å²) in [6.45, 7) is 7.43. The predicted molar refractivity (Wildman–Crippen MR) is 156 cm³/mol. The van der Waals surface area contributed by atoms with E-state index in [0.717, 1.165) is 35.5 Å². The molecule has 0 fully saturated rings. The lowest BCUT2D eigenvalue weighted by molar-refractivity contribution is 0.0947. The SMILES string of the molecule is C\C=C/C(=C\C=C(/C)C1C=NNC1)NC(/C=C\N=CC1=Cc2c(cc(C(=O)NCC)n2C)C=CC1)=NC. The number of nitrogens with one attached hydrogen (secondary N) is 3. The first-order valence-corrected chi connectivity index (χ1v) is 12.5. The molecule has 37 heavy (non-hydrogen) atoms. The second-order valence-electron chi connectivity index (χ2n) is 8.72. The van der Waals surface area contributed by atoms with Crippen LogP contribution in [0.15, 0.2) is 80.7 Å². The van der Waals surface area contributed by atoms with Gasteiger partial charge >= 0.3 is 0 Å². The molecule has 1 aromatic heterocycles. The Balaban J connectivity index is 1.69. The van der Waals surface area contributed by atoms with Crippen LogP contribution in [0.2, 0.25) is 0 Å². The van der Waals surface area contributed by atoms with Crippen molar-refractivity contribution in [1.29, 1.82) is 0 Å². The number of amidine groups is 1. The lowest BCUT2D eigenvalue weighted by atomic mass is 10.0. The Morgan fingerprint density at radius 1 is 1.32 bits per heavy atom. The Hall–Kier alpha value is -4.20. The summed E-state index contributed by atoms with van der Waals surface area (Å²) in [6, 6.07) is 1.92. The Morgan fingerprint density at radius 3 is 2.86 bits per heavy atom. The van der Waals surface area contributed by atoms with E-state index in [-0.39, 0.29) is 5.91 Å². The molecule has 1 unspecified atom stereocenters. The summed E-state index contributed by atoms with van der Waals surface area (Å²) in [5.74, 6) is 0.942. The molecule has 0 saturated carbocycles. The number of fused-ring (bicyclic) bond motifs is 1. The van der Waals surface area contributed by atoms with E-state index >= 15 is 0 Å². The molecule has 1 aliphatic heterocycles. The standard InChI is InChI=1S/C29H37N7O/c1-6-9-25(13-12-21(3)24-19-33-34-20-24)35-28(30-4)14-15-31-18-22-10-8-11-23-17-27(29(37)32-7-2)36(5)26(23)16-22/h6,8-9,11-19,24,34H,7,10,20H2,1-5H3,(H,30,35)(H,32,37)/b9-6-,15-14-,21-12+,25-13+,31-18?. The third-order valence-electron chi connectivity index (χ3n) is 6.04. The van der Waals surface area contributed by atoms with E-state index in [1.165, 1.54) is 5.57 Å². The summed E-state index contributed by atoms with van der Waals surface area (Å²) in [5, 5.41) is 10.3. The van der Waals surface area contributed by atoms with Crippen LogP contribution < -0.4 is 16.1 Å². The molecular weight excluding hydrogens is 462 g/mol. The van der Waals surface area contributed by atoms with Crippen molar-refractivity contribution >= 4 is 36.3 Å². The molecule has 2 aliphatic rings. The van der Waals surface area contributed by atoms with Crippen molar-refractivity contribution in [2.24, 2.45) is 28.1 Å². The zero-order valence-electron chi connectivity index (χ0n) is 22.3. The summed E-state index contributed by atoms with van der Waals surface area (Å²) in [6.07, 6.45) is 22.4. The Morgan fingerprint density at radius 2 is 2.16 bits per heavy atom. The number of rotatable bonds is 9. The first-order valence-electron chi connectivity index (χ1n) is 12.5. The van der Waals surface area contributed by atoms with Gasteiger partial charge in [0, 0.05) is 68.7 Å². The number of allylic oxidation sites excluding steroid dienone is 6. The van der Waals surface area contributed by atoms with Gasteiger partial charge in [-0.2, -0.15) is 5.10 Å². The second-order valence-corrected chi connectivity index (χ2v) is 8.72. The number of hydrazone groups is 1. The van der Waals surface area contributed by atoms with Gasteiger partial charge in [-0.15, -0.1) is 0 Å². The monoisotopic (exact) mass is 499 g/mol. The number of carbonyl (C=O) groups is 1. The lowest BCUT2D eigenvalue weighted by Gasteiger charge is -2.08. The number of aliphatic imine (C=N–C) groups is 2. The quantitative estimate of drug-likeness (QED) is 0.267. The van der Waals surface area contributed by atoms with Crippen molar-refractivity contribution in [3.8, 4) is 0 Å². The number of nitrogens with zero attached hydrogens (tertiary/aromatic N) is 4. The van der Waals surface area contributed by atoms with Crippen LogP contribution >= 0.6 is 0 Å². The number of amides is 1. The van der Waals surface area contributed by atoms with Gasteiger partial charge in [0.05, 0.1) is 0 Å². The Kier molecular flexibility index (Phi) is 10.2. The molecular formula is C29H37N7O. The molecule has 1 amide bonds. The second kappa shape index (κ2) is 13.8. The molecule has 1 aromatic rings. The van der Waals surface area contributed by atoms with Crippen LogP contribution in [0.25, 0.3) is 12.2 Å². The summed E-state index contributed by atoms with van der Waals surface area (Å²) in [7, 11) is 3.65. The van der Waals surface area contributed by atoms with Crippen LogP contribution in [0.1, 0.15) is 48.9 Å². The van der Waals surface area contributed by atoms with Gasteiger partial charge in [-0.25, -0.2) is 0 Å². The Bertz CT molecular complexity index is 1250. The zero-order chi connectivity index (χ0) is 26.6. The van der Waals surface area contributed by atoms with E-state index in [2.05, 4.69) is 62.4 Å². The molecule has 0 spiro atoms. The average molecular weight is 500 g/mol. The molecule has 0 bridgehead atoms. The van der Waals surface area contributed by atoms with E-state index in [4.69, 9.17) is 0 Å². The molecule has 3 N–H and O–H groups in total. The molecule has 0 saturated heterocycles. The van der Waals surface area contributed by atoms with Gasteiger partial charge in [0.2, 0.25) is 0 Å². The molecule has 0 aromatic carbocycles. The van der Waals surface area contributed by atoms with E-state index in [0.29, 0.717) is 24.0 Å². The topological polar surface area (TPSA) is 95.2 Å². The average Bonchev–Trinajstić information content (AvgIpc) is 3.48. The zero-order valence-corrected chi connectivity index (χ0v) is 22.3. The van der Waals surface area contributed by atoms with Crippen molar-refractivity contribution in [2.45, 2.75) is 27.2 Å². The van der Waals surface area contributed by atoms with Crippen molar-refractivity contribution < 1.29 is 4.79 Å². The third kappa shape index (κ3) is 7.64. The van der Waals surface area contributed by atoms with Crippen molar-refractivity contribution in [1.82, 2.24) is 20.6 Å². The van der Waals surface area contributed by atoms with Crippen LogP contribution in [0.5, 0.6) is 0 Å². The van der Waals surface area contributed by atoms with Gasteiger partial charge in [0.25, 0.3) is 5.91 Å². The highest BCUT2D eigenvalue weighted by atomic mass is 16.1. The lowest BCUT2D eigenvalue weighted by Crippen LogP contribution is -2.24. The van der Waals surface area contributed by atoms with Crippen LogP contribution in [-0.4, -0.2) is 48.9 Å². The molecule has 8 nitrogen and oxygen atoms in total. The molecule has 1 aliphatic carbocycles. The van der Waals surface area contributed by atoms with Gasteiger partial charge in [-0.05, 0) is 63.1 Å². The molecule has 194 valence electrons. The van der Waals surface area contributed by atoms with E-state index in [1.807, 2.05) is 68.3 Å². The number of hydrogen-bond acceptors (Lipinski definition) is 5. The minimum absolute atomic E-state index is 0.0710.